The summed E-state index contributed by atoms with van der Waals surface area (Å²) in [6, 6.07) is 5.91. The highest BCUT2D eigenvalue weighted by Crippen LogP contribution is 2.19. The van der Waals surface area contributed by atoms with Crippen LogP contribution < -0.4 is 0 Å². The molecule has 2 atom stereocenters. The van der Waals surface area contributed by atoms with Gasteiger partial charge in [-0.2, -0.15) is 0 Å². The van der Waals surface area contributed by atoms with Crippen molar-refractivity contribution >= 4 is 5.78 Å². The average Bonchev–Trinajstić information content (AvgIpc) is 2.68. The molecule has 0 bridgehead atoms. The first-order valence-corrected chi connectivity index (χ1v) is 6.81. The van der Waals surface area contributed by atoms with Crippen molar-refractivity contribution in [2.24, 2.45) is 0 Å². The van der Waals surface area contributed by atoms with Gasteiger partial charge in [-0.3, -0.25) is 9.69 Å². The topological polar surface area (TPSA) is 43.8 Å². The summed E-state index contributed by atoms with van der Waals surface area (Å²) < 4.78 is 13.1. The second-order valence-electron chi connectivity index (χ2n) is 5.67. The lowest BCUT2D eigenvalue weighted by atomic mass is 10.1. The van der Waals surface area contributed by atoms with Gasteiger partial charge in [-0.25, -0.2) is 4.39 Å². The lowest BCUT2D eigenvalue weighted by Crippen LogP contribution is -2.40. The number of Topliss-reactive ketones (excluding diaryl/α,β-unsaturated/α-hetero) is 1. The second-order valence-corrected chi connectivity index (χ2v) is 5.67. The molecule has 1 aliphatic heterocycles. The van der Waals surface area contributed by atoms with Gasteiger partial charge in [0.2, 0.25) is 0 Å². The first-order valence-electron chi connectivity index (χ1n) is 6.81. The van der Waals surface area contributed by atoms with Gasteiger partial charge in [0.05, 0.1) is 12.6 Å². The highest BCUT2D eigenvalue weighted by Gasteiger charge is 2.32. The van der Waals surface area contributed by atoms with Gasteiger partial charge in [-0.15, -0.1) is 0 Å². The number of aliphatic hydroxyl groups excluding tert-OH is 1. The van der Waals surface area contributed by atoms with Crippen molar-refractivity contribution in [3.8, 4) is 0 Å². The van der Waals surface area contributed by atoms with Crippen LogP contribution in [0.25, 0.3) is 0 Å². The van der Waals surface area contributed by atoms with Gasteiger partial charge in [0, 0.05) is 24.7 Å². The maximum absolute atomic E-state index is 13.1. The molecule has 110 valence electrons. The number of carbonyl (C=O) groups is 1. The molecule has 0 aromatic heterocycles. The smallest absolute Gasteiger partial charge is 0.176 e. The number of likely N-dealkylation sites (N-methyl/N-ethyl adjacent to an activating group) is 1. The number of nitrogens with zero attached hydrogens (tertiary/aromatic N) is 2. The number of ketones is 1. The number of β-amino-alcohol motifs (C(OH)–C–C–N with tert-alkyl or cyclic N) is 1. The number of carbonyl (C=O) groups excluding carboxylic acids is 1. The van der Waals surface area contributed by atoms with E-state index < -0.39 is 5.82 Å². The molecule has 4 nitrogen and oxygen atoms in total. The van der Waals surface area contributed by atoms with E-state index in [0.29, 0.717) is 18.5 Å². The van der Waals surface area contributed by atoms with E-state index in [1.165, 1.54) is 12.1 Å². The molecule has 0 spiro atoms. The molecule has 0 radical (unpaired) electrons. The van der Waals surface area contributed by atoms with Crippen LogP contribution in [-0.2, 0) is 0 Å². The summed E-state index contributed by atoms with van der Waals surface area (Å²) in [5, 5.41) is 9.78. The van der Waals surface area contributed by atoms with Gasteiger partial charge in [-0.05, 0) is 32.6 Å². The Balaban J connectivity index is 2.02. The zero-order valence-electron chi connectivity index (χ0n) is 11.9. The zero-order chi connectivity index (χ0) is 14.7. The number of hydrogen-bond acceptors (Lipinski definition) is 4. The van der Waals surface area contributed by atoms with Crippen LogP contribution in [0.2, 0.25) is 0 Å². The SMILES string of the molecule is CN(C)CC1CC(O)CN1CC(=O)c1cccc(F)c1. The molecule has 1 aromatic rings. The van der Waals surface area contributed by atoms with E-state index in [4.69, 9.17) is 0 Å². The fourth-order valence-corrected chi connectivity index (χ4v) is 2.70. The Labute approximate surface area is 118 Å². The highest BCUT2D eigenvalue weighted by molar-refractivity contribution is 5.97. The molecule has 2 rings (SSSR count). The minimum absolute atomic E-state index is 0.109. The Hall–Kier alpha value is -1.30. The van der Waals surface area contributed by atoms with Crippen LogP contribution in [-0.4, -0.2) is 66.6 Å². The van der Waals surface area contributed by atoms with Crippen molar-refractivity contribution in [2.75, 3.05) is 33.7 Å². The molecule has 2 unspecified atom stereocenters. The number of likely N-dealkylation sites (tertiary alicyclic amines) is 1. The first kappa shape index (κ1) is 15.1. The number of aliphatic hydroxyl groups is 1. The Morgan fingerprint density at radius 3 is 2.90 bits per heavy atom. The normalized spacial score (nSPS) is 23.4. The van der Waals surface area contributed by atoms with Crippen LogP contribution in [0.15, 0.2) is 24.3 Å². The Bertz CT molecular complexity index is 479. The molecule has 1 aliphatic rings. The van der Waals surface area contributed by atoms with Crippen LogP contribution in [0.1, 0.15) is 16.8 Å². The number of rotatable bonds is 5. The minimum Gasteiger partial charge on any atom is -0.392 e. The minimum atomic E-state index is -0.401. The Morgan fingerprint density at radius 1 is 1.50 bits per heavy atom. The van der Waals surface area contributed by atoms with Crippen LogP contribution in [0.3, 0.4) is 0 Å². The molecule has 1 N–H and O–H groups in total. The van der Waals surface area contributed by atoms with Gasteiger partial charge in [-0.1, -0.05) is 12.1 Å². The lowest BCUT2D eigenvalue weighted by molar-refractivity contribution is 0.0901. The van der Waals surface area contributed by atoms with Gasteiger partial charge in [0.25, 0.3) is 0 Å². The summed E-state index contributed by atoms with van der Waals surface area (Å²) in [7, 11) is 3.94. The van der Waals surface area contributed by atoms with Crippen molar-refractivity contribution in [3.63, 3.8) is 0 Å². The van der Waals surface area contributed by atoms with E-state index in [9.17, 15) is 14.3 Å². The van der Waals surface area contributed by atoms with Crippen LogP contribution in [0.4, 0.5) is 4.39 Å². The quantitative estimate of drug-likeness (QED) is 0.817. The van der Waals surface area contributed by atoms with E-state index in [1.54, 1.807) is 12.1 Å². The van der Waals surface area contributed by atoms with Gasteiger partial charge in [0.15, 0.2) is 5.78 Å². The van der Waals surface area contributed by atoms with Crippen molar-refractivity contribution in [3.05, 3.63) is 35.6 Å². The van der Waals surface area contributed by atoms with E-state index in [0.717, 1.165) is 6.54 Å². The van der Waals surface area contributed by atoms with Crippen molar-refractivity contribution in [2.45, 2.75) is 18.6 Å². The number of benzene rings is 1. The molecule has 0 aliphatic carbocycles. The van der Waals surface area contributed by atoms with E-state index >= 15 is 0 Å². The van der Waals surface area contributed by atoms with Crippen LogP contribution >= 0.6 is 0 Å². The highest BCUT2D eigenvalue weighted by atomic mass is 19.1. The fraction of sp³-hybridized carbons (Fsp3) is 0.533. The molecular formula is C15H21FN2O2. The lowest BCUT2D eigenvalue weighted by Gasteiger charge is -2.25. The van der Waals surface area contributed by atoms with Gasteiger partial charge < -0.3 is 10.0 Å². The number of hydrogen-bond donors (Lipinski definition) is 1. The molecular weight excluding hydrogens is 259 g/mol. The summed E-state index contributed by atoms with van der Waals surface area (Å²) in [5.74, 6) is -0.510. The molecule has 1 fully saturated rings. The summed E-state index contributed by atoms with van der Waals surface area (Å²) in [6.45, 7) is 1.52. The average molecular weight is 280 g/mol. The predicted molar refractivity (Wildman–Crippen MR) is 75.3 cm³/mol. The second kappa shape index (κ2) is 6.43. The molecule has 1 heterocycles. The van der Waals surface area contributed by atoms with E-state index in [-0.39, 0.29) is 24.5 Å². The molecule has 0 amide bonds. The van der Waals surface area contributed by atoms with Crippen molar-refractivity contribution < 1.29 is 14.3 Å². The van der Waals surface area contributed by atoms with E-state index in [2.05, 4.69) is 0 Å². The molecule has 5 heteroatoms. The third kappa shape index (κ3) is 3.85. The molecule has 1 saturated heterocycles. The van der Waals surface area contributed by atoms with Crippen LogP contribution in [0.5, 0.6) is 0 Å². The first-order chi connectivity index (χ1) is 9.45. The summed E-state index contributed by atoms with van der Waals surface area (Å²) in [5.41, 5.74) is 0.384. The molecule has 1 aromatic carbocycles. The largest absolute Gasteiger partial charge is 0.392 e. The Morgan fingerprint density at radius 2 is 2.25 bits per heavy atom. The third-order valence-electron chi connectivity index (χ3n) is 3.57. The maximum Gasteiger partial charge on any atom is 0.176 e. The maximum atomic E-state index is 13.1. The number of halogens is 1. The monoisotopic (exact) mass is 280 g/mol. The van der Waals surface area contributed by atoms with E-state index in [1.807, 2.05) is 23.9 Å². The predicted octanol–water partition coefficient (Wildman–Crippen LogP) is 1.01. The van der Waals surface area contributed by atoms with Gasteiger partial charge >= 0.3 is 0 Å². The standard InChI is InChI=1S/C15H21FN2O2/c1-17(2)8-13-7-14(19)9-18(13)10-15(20)11-4-3-5-12(16)6-11/h3-6,13-14,19H,7-10H2,1-2H3. The summed E-state index contributed by atoms with van der Waals surface area (Å²) >= 11 is 0. The summed E-state index contributed by atoms with van der Waals surface area (Å²) in [4.78, 5) is 16.2. The fourth-order valence-electron chi connectivity index (χ4n) is 2.70. The molecule has 20 heavy (non-hydrogen) atoms. The van der Waals surface area contributed by atoms with Crippen molar-refractivity contribution in [1.82, 2.24) is 9.80 Å². The Kier molecular flexibility index (Phi) is 4.86. The summed E-state index contributed by atoms with van der Waals surface area (Å²) in [6.07, 6.45) is 0.287. The zero-order valence-corrected chi connectivity index (χ0v) is 11.9. The van der Waals surface area contributed by atoms with Crippen LogP contribution in [0, 0.1) is 5.82 Å². The van der Waals surface area contributed by atoms with Crippen molar-refractivity contribution in [1.29, 1.82) is 0 Å². The molecule has 0 saturated carbocycles. The third-order valence-corrected chi connectivity index (χ3v) is 3.57. The van der Waals surface area contributed by atoms with Gasteiger partial charge in [0.1, 0.15) is 5.82 Å².